The number of benzene rings is 1. The topological polar surface area (TPSA) is 63.5 Å². The number of nitrogens with one attached hydrogen (secondary N) is 2. The lowest BCUT2D eigenvalue weighted by Gasteiger charge is -2.22. The minimum Gasteiger partial charge on any atom is -0.493 e. The van der Waals surface area contributed by atoms with E-state index in [-0.39, 0.29) is 11.9 Å². The quantitative estimate of drug-likeness (QED) is 0.638. The van der Waals surface area contributed by atoms with Crippen LogP contribution in [0.5, 0.6) is 5.75 Å². The average molecular weight is 413 g/mol. The van der Waals surface area contributed by atoms with Crippen LogP contribution < -0.4 is 15.4 Å². The number of methoxy groups -OCH3 is 1. The fourth-order valence-electron chi connectivity index (χ4n) is 5.00. The van der Waals surface area contributed by atoms with Gasteiger partial charge in [-0.1, -0.05) is 57.4 Å². The molecule has 1 heterocycles. The van der Waals surface area contributed by atoms with Gasteiger partial charge in [0.05, 0.1) is 7.11 Å². The van der Waals surface area contributed by atoms with Crippen LogP contribution in [0, 0.1) is 0 Å². The Morgan fingerprint density at radius 2 is 1.60 bits per heavy atom. The van der Waals surface area contributed by atoms with Crippen molar-refractivity contribution in [2.45, 2.75) is 95.7 Å². The minimum absolute atomic E-state index is 0.112. The highest BCUT2D eigenvalue weighted by Crippen LogP contribution is 2.32. The third-order valence-electron chi connectivity index (χ3n) is 6.81. The van der Waals surface area contributed by atoms with Crippen molar-refractivity contribution >= 4 is 16.9 Å². The van der Waals surface area contributed by atoms with Crippen LogP contribution in [0.15, 0.2) is 22.6 Å². The molecule has 0 spiro atoms. The highest BCUT2D eigenvalue weighted by Gasteiger charge is 2.21. The van der Waals surface area contributed by atoms with Gasteiger partial charge in [-0.2, -0.15) is 0 Å². The first-order chi connectivity index (χ1) is 14.7. The molecule has 2 fully saturated rings. The molecule has 0 saturated heterocycles. The molecule has 0 unspecified atom stereocenters. The third kappa shape index (κ3) is 5.18. The fourth-order valence-corrected chi connectivity index (χ4v) is 5.00. The van der Waals surface area contributed by atoms with Crippen LogP contribution in [0.1, 0.15) is 93.2 Å². The standard InChI is InChI=1S/C25H36N2O3/c1-29-22-15-14-18(17-26-19-10-6-3-2-4-7-11-19)21-16-23(30-24(21)22)25(28)27-20-12-8-5-9-13-20/h14-16,19-20,26H,2-13,17H2,1H3,(H,27,28). The Labute approximate surface area is 179 Å². The van der Waals surface area contributed by atoms with E-state index in [1.165, 1.54) is 64.2 Å². The van der Waals surface area contributed by atoms with Crippen LogP contribution in [0.2, 0.25) is 0 Å². The summed E-state index contributed by atoms with van der Waals surface area (Å²) in [5.74, 6) is 0.947. The normalized spacial score (nSPS) is 19.4. The summed E-state index contributed by atoms with van der Waals surface area (Å²) in [7, 11) is 1.64. The van der Waals surface area contributed by atoms with E-state index in [1.807, 2.05) is 12.1 Å². The molecule has 1 aromatic carbocycles. The van der Waals surface area contributed by atoms with Crippen molar-refractivity contribution in [2.75, 3.05) is 7.11 Å². The molecule has 2 N–H and O–H groups in total. The zero-order valence-corrected chi connectivity index (χ0v) is 18.3. The second-order valence-corrected chi connectivity index (χ2v) is 9.01. The first-order valence-corrected chi connectivity index (χ1v) is 11.9. The molecule has 2 aromatic rings. The molecular formula is C25H36N2O3. The molecule has 164 valence electrons. The predicted octanol–water partition coefficient (Wildman–Crippen LogP) is 5.71. The molecule has 4 rings (SSSR count). The Hall–Kier alpha value is -2.01. The second-order valence-electron chi connectivity index (χ2n) is 9.01. The van der Waals surface area contributed by atoms with Crippen LogP contribution in [0.3, 0.4) is 0 Å². The summed E-state index contributed by atoms with van der Waals surface area (Å²) in [6, 6.07) is 6.77. The summed E-state index contributed by atoms with van der Waals surface area (Å²) in [5.41, 5.74) is 1.83. The highest BCUT2D eigenvalue weighted by molar-refractivity contribution is 5.98. The van der Waals surface area contributed by atoms with E-state index in [2.05, 4.69) is 16.7 Å². The van der Waals surface area contributed by atoms with Crippen molar-refractivity contribution in [3.63, 3.8) is 0 Å². The summed E-state index contributed by atoms with van der Waals surface area (Å²) in [5, 5.41) is 7.89. The van der Waals surface area contributed by atoms with Gasteiger partial charge < -0.3 is 19.8 Å². The maximum Gasteiger partial charge on any atom is 0.287 e. The highest BCUT2D eigenvalue weighted by atomic mass is 16.5. The van der Waals surface area contributed by atoms with Crippen molar-refractivity contribution in [3.8, 4) is 5.75 Å². The summed E-state index contributed by atoms with van der Waals surface area (Å²) >= 11 is 0. The summed E-state index contributed by atoms with van der Waals surface area (Å²) < 4.78 is 11.5. The fraction of sp³-hybridized carbons (Fsp3) is 0.640. The van der Waals surface area contributed by atoms with E-state index >= 15 is 0 Å². The molecule has 30 heavy (non-hydrogen) atoms. The van der Waals surface area contributed by atoms with Gasteiger partial charge in [-0.3, -0.25) is 4.79 Å². The Kier molecular flexibility index (Phi) is 7.32. The van der Waals surface area contributed by atoms with Crippen LogP contribution in [0.4, 0.5) is 0 Å². The van der Waals surface area contributed by atoms with Crippen LogP contribution in [-0.4, -0.2) is 25.1 Å². The maximum absolute atomic E-state index is 12.8. The van der Waals surface area contributed by atoms with Crippen molar-refractivity contribution in [1.82, 2.24) is 10.6 Å². The molecule has 1 amide bonds. The van der Waals surface area contributed by atoms with Crippen molar-refractivity contribution < 1.29 is 13.9 Å². The number of fused-ring (bicyclic) bond motifs is 1. The Morgan fingerprint density at radius 3 is 2.30 bits per heavy atom. The zero-order chi connectivity index (χ0) is 20.8. The van der Waals surface area contributed by atoms with Crippen molar-refractivity contribution in [3.05, 3.63) is 29.5 Å². The molecule has 2 aliphatic carbocycles. The lowest BCUT2D eigenvalue weighted by molar-refractivity contribution is 0.0901. The lowest BCUT2D eigenvalue weighted by atomic mass is 9.95. The van der Waals surface area contributed by atoms with Gasteiger partial charge in [0.1, 0.15) is 0 Å². The largest absolute Gasteiger partial charge is 0.493 e. The van der Waals surface area contributed by atoms with E-state index < -0.39 is 0 Å². The summed E-state index contributed by atoms with van der Waals surface area (Å²) in [6.45, 7) is 0.786. The smallest absolute Gasteiger partial charge is 0.287 e. The van der Waals surface area contributed by atoms with E-state index in [1.54, 1.807) is 7.11 Å². The number of furan rings is 1. The van der Waals surface area contributed by atoms with Gasteiger partial charge in [-0.15, -0.1) is 0 Å². The number of amides is 1. The number of rotatable bonds is 6. The SMILES string of the molecule is COc1ccc(CNC2CCCCCCC2)c2cc(C(=O)NC3CCCCC3)oc12. The zero-order valence-electron chi connectivity index (χ0n) is 18.3. The molecule has 5 nitrogen and oxygen atoms in total. The van der Waals surface area contributed by atoms with E-state index in [9.17, 15) is 4.79 Å². The molecule has 0 bridgehead atoms. The van der Waals surface area contributed by atoms with Gasteiger partial charge in [0.2, 0.25) is 0 Å². The number of carbonyl (C=O) groups excluding carboxylic acids is 1. The molecule has 1 aromatic heterocycles. The first kappa shape index (κ1) is 21.2. The maximum atomic E-state index is 12.8. The molecule has 0 aliphatic heterocycles. The predicted molar refractivity (Wildman–Crippen MR) is 120 cm³/mol. The number of ether oxygens (including phenoxy) is 1. The van der Waals surface area contributed by atoms with Gasteiger partial charge >= 0.3 is 0 Å². The van der Waals surface area contributed by atoms with Gasteiger partial charge in [0.15, 0.2) is 17.1 Å². The molecule has 5 heteroatoms. The molecule has 0 atom stereocenters. The Balaban J connectivity index is 1.49. The Bertz CT molecular complexity index is 830. The van der Waals surface area contributed by atoms with Gasteiger partial charge in [-0.05, 0) is 43.4 Å². The van der Waals surface area contributed by atoms with Crippen molar-refractivity contribution in [1.29, 1.82) is 0 Å². The number of hydrogen-bond acceptors (Lipinski definition) is 4. The van der Waals surface area contributed by atoms with Gasteiger partial charge in [-0.25, -0.2) is 0 Å². The summed E-state index contributed by atoms with van der Waals surface area (Å²) in [6.07, 6.45) is 15.0. The van der Waals surface area contributed by atoms with E-state index in [0.29, 0.717) is 23.1 Å². The van der Waals surface area contributed by atoms with Gasteiger partial charge in [0, 0.05) is 24.0 Å². The average Bonchev–Trinajstić information content (AvgIpc) is 3.19. The molecule has 0 radical (unpaired) electrons. The van der Waals surface area contributed by atoms with Crippen molar-refractivity contribution in [2.24, 2.45) is 0 Å². The first-order valence-electron chi connectivity index (χ1n) is 11.9. The molecule has 2 saturated carbocycles. The number of carbonyl (C=O) groups is 1. The second kappa shape index (κ2) is 10.3. The molecule has 2 aliphatic rings. The van der Waals surface area contributed by atoms with E-state index in [4.69, 9.17) is 9.15 Å². The van der Waals surface area contributed by atoms with Crippen LogP contribution in [-0.2, 0) is 6.54 Å². The summed E-state index contributed by atoms with van der Waals surface area (Å²) in [4.78, 5) is 12.8. The lowest BCUT2D eigenvalue weighted by Crippen LogP contribution is -2.35. The van der Waals surface area contributed by atoms with Crippen LogP contribution >= 0.6 is 0 Å². The van der Waals surface area contributed by atoms with Crippen LogP contribution in [0.25, 0.3) is 11.0 Å². The molecular weight excluding hydrogens is 376 g/mol. The van der Waals surface area contributed by atoms with Gasteiger partial charge in [0.25, 0.3) is 5.91 Å². The number of hydrogen-bond donors (Lipinski definition) is 2. The van der Waals surface area contributed by atoms with E-state index in [0.717, 1.165) is 30.3 Å². The minimum atomic E-state index is -0.112. The Morgan fingerprint density at radius 1 is 0.967 bits per heavy atom. The monoisotopic (exact) mass is 412 g/mol. The third-order valence-corrected chi connectivity index (χ3v) is 6.81.